The minimum Gasteiger partial charge on any atom is -0.476 e. The zero-order valence-electron chi connectivity index (χ0n) is 12.7. The smallest absolute Gasteiger partial charge is 0.356 e. The number of hydrogen-bond acceptors (Lipinski definition) is 2. The highest BCUT2D eigenvalue weighted by atomic mass is 35.5. The maximum atomic E-state index is 11.3. The van der Waals surface area contributed by atoms with E-state index < -0.39 is 5.97 Å². The van der Waals surface area contributed by atoms with Gasteiger partial charge in [-0.25, -0.2) is 9.78 Å². The highest BCUT2D eigenvalue weighted by molar-refractivity contribution is 6.31. The van der Waals surface area contributed by atoms with Gasteiger partial charge in [0, 0.05) is 16.8 Å². The van der Waals surface area contributed by atoms with Crippen LogP contribution < -0.4 is 0 Å². The third-order valence-corrected chi connectivity index (χ3v) is 4.11. The lowest BCUT2D eigenvalue weighted by molar-refractivity contribution is 0.0691. The van der Waals surface area contributed by atoms with Crippen LogP contribution in [0, 0.1) is 13.8 Å². The Morgan fingerprint density at radius 3 is 2.61 bits per heavy atom. The van der Waals surface area contributed by atoms with Crippen LogP contribution in [0.4, 0.5) is 0 Å². The van der Waals surface area contributed by atoms with E-state index >= 15 is 0 Å². The van der Waals surface area contributed by atoms with Crippen LogP contribution in [-0.2, 0) is 0 Å². The van der Waals surface area contributed by atoms with Gasteiger partial charge in [0.15, 0.2) is 5.69 Å². The molecule has 0 amide bonds. The summed E-state index contributed by atoms with van der Waals surface area (Å²) in [5.41, 5.74) is 3.63. The van der Waals surface area contributed by atoms with Crippen molar-refractivity contribution in [1.29, 1.82) is 0 Å². The summed E-state index contributed by atoms with van der Waals surface area (Å²) in [5, 5.41) is 9.92. The van der Waals surface area contributed by atoms with Gasteiger partial charge in [-0.2, -0.15) is 0 Å². The van der Waals surface area contributed by atoms with Gasteiger partial charge in [-0.3, -0.25) is 4.57 Å². The number of carboxylic acids is 1. The third kappa shape index (κ3) is 2.85. The van der Waals surface area contributed by atoms with Gasteiger partial charge in [-0.1, -0.05) is 41.4 Å². The number of carboxylic acid groups (broad SMARTS) is 1. The lowest BCUT2D eigenvalue weighted by atomic mass is 10.1. The monoisotopic (exact) mass is 326 g/mol. The van der Waals surface area contributed by atoms with Gasteiger partial charge in [-0.05, 0) is 37.6 Å². The second-order valence-corrected chi connectivity index (χ2v) is 5.79. The first-order valence-electron chi connectivity index (χ1n) is 7.12. The fraction of sp³-hybridized carbons (Fsp3) is 0.111. The average molecular weight is 327 g/mol. The summed E-state index contributed by atoms with van der Waals surface area (Å²) in [6, 6.07) is 13.3. The van der Waals surface area contributed by atoms with Crippen molar-refractivity contribution in [2.24, 2.45) is 0 Å². The van der Waals surface area contributed by atoms with Gasteiger partial charge < -0.3 is 5.11 Å². The van der Waals surface area contributed by atoms with Crippen molar-refractivity contribution in [2.75, 3.05) is 0 Å². The van der Waals surface area contributed by atoms with E-state index in [2.05, 4.69) is 4.98 Å². The number of imidazole rings is 1. The maximum Gasteiger partial charge on any atom is 0.356 e. The Kier molecular flexibility index (Phi) is 3.92. The van der Waals surface area contributed by atoms with Crippen molar-refractivity contribution in [1.82, 2.24) is 9.55 Å². The fourth-order valence-corrected chi connectivity index (χ4v) is 2.68. The summed E-state index contributed by atoms with van der Waals surface area (Å²) in [6.45, 7) is 3.89. The van der Waals surface area contributed by atoms with Crippen molar-refractivity contribution in [3.8, 4) is 17.1 Å². The molecule has 0 saturated carbocycles. The van der Waals surface area contributed by atoms with Crippen LogP contribution in [0.1, 0.15) is 21.6 Å². The molecule has 1 aromatic heterocycles. The molecule has 0 saturated heterocycles. The number of rotatable bonds is 3. The molecular weight excluding hydrogens is 312 g/mol. The Hall–Kier alpha value is -2.59. The molecule has 0 bridgehead atoms. The SMILES string of the molecule is Cc1cccc(-c2nc(C(=O)O)cn2-c2cccc(Cl)c2C)c1. The van der Waals surface area contributed by atoms with Crippen LogP contribution in [-0.4, -0.2) is 20.6 Å². The molecule has 3 aromatic rings. The van der Waals surface area contributed by atoms with E-state index in [1.807, 2.05) is 56.3 Å². The molecule has 2 aromatic carbocycles. The minimum atomic E-state index is -1.06. The van der Waals surface area contributed by atoms with Gasteiger partial charge in [-0.15, -0.1) is 0 Å². The Morgan fingerprint density at radius 1 is 1.17 bits per heavy atom. The van der Waals surface area contributed by atoms with Crippen molar-refractivity contribution in [3.05, 3.63) is 70.5 Å². The zero-order valence-corrected chi connectivity index (χ0v) is 13.5. The predicted octanol–water partition coefficient (Wildman–Crippen LogP) is 4.51. The van der Waals surface area contributed by atoms with Crippen LogP contribution in [0.3, 0.4) is 0 Å². The molecule has 4 nitrogen and oxygen atoms in total. The van der Waals surface area contributed by atoms with Gasteiger partial charge in [0.2, 0.25) is 0 Å². The molecule has 1 heterocycles. The first kappa shape index (κ1) is 15.3. The Bertz CT molecular complexity index is 900. The van der Waals surface area contributed by atoms with Gasteiger partial charge in [0.1, 0.15) is 5.82 Å². The van der Waals surface area contributed by atoms with Crippen LogP contribution in [0.25, 0.3) is 17.1 Å². The molecule has 5 heteroatoms. The molecule has 1 N–H and O–H groups in total. The van der Waals surface area contributed by atoms with E-state index in [0.717, 1.165) is 22.4 Å². The standard InChI is InChI=1S/C18H15ClN2O2/c1-11-5-3-6-13(9-11)17-20-15(18(22)23)10-21(17)16-8-4-7-14(19)12(16)2/h3-10H,1-2H3,(H,22,23). The Balaban J connectivity index is 2.27. The quantitative estimate of drug-likeness (QED) is 0.770. The van der Waals surface area contributed by atoms with Gasteiger partial charge in [0.05, 0.1) is 5.69 Å². The van der Waals surface area contributed by atoms with Crippen molar-refractivity contribution in [2.45, 2.75) is 13.8 Å². The van der Waals surface area contributed by atoms with E-state index in [4.69, 9.17) is 11.6 Å². The number of aryl methyl sites for hydroxylation is 1. The summed E-state index contributed by atoms with van der Waals surface area (Å²) in [4.78, 5) is 15.6. The highest BCUT2D eigenvalue weighted by Gasteiger charge is 2.17. The lowest BCUT2D eigenvalue weighted by Gasteiger charge is -2.12. The molecule has 23 heavy (non-hydrogen) atoms. The molecule has 0 aliphatic heterocycles. The van der Waals surface area contributed by atoms with Crippen molar-refractivity contribution < 1.29 is 9.90 Å². The average Bonchev–Trinajstić information content (AvgIpc) is 2.95. The first-order chi connectivity index (χ1) is 11.0. The topological polar surface area (TPSA) is 55.1 Å². The number of carbonyl (C=O) groups is 1. The minimum absolute atomic E-state index is 0.000816. The maximum absolute atomic E-state index is 11.3. The number of hydrogen-bond donors (Lipinski definition) is 1. The Morgan fingerprint density at radius 2 is 1.91 bits per heavy atom. The number of halogens is 1. The summed E-state index contributed by atoms with van der Waals surface area (Å²) in [6.07, 6.45) is 1.53. The van der Waals surface area contributed by atoms with E-state index in [9.17, 15) is 9.90 Å². The number of benzene rings is 2. The van der Waals surface area contributed by atoms with E-state index in [1.165, 1.54) is 6.20 Å². The van der Waals surface area contributed by atoms with Crippen LogP contribution >= 0.6 is 11.6 Å². The molecule has 0 aliphatic carbocycles. The molecule has 0 atom stereocenters. The first-order valence-corrected chi connectivity index (χ1v) is 7.50. The molecular formula is C18H15ClN2O2. The molecule has 0 fully saturated rings. The summed E-state index contributed by atoms with van der Waals surface area (Å²) < 4.78 is 1.78. The lowest BCUT2D eigenvalue weighted by Crippen LogP contribution is -1.99. The molecule has 0 aliphatic rings. The summed E-state index contributed by atoms with van der Waals surface area (Å²) >= 11 is 6.21. The fourth-order valence-electron chi connectivity index (χ4n) is 2.51. The second kappa shape index (κ2) is 5.89. The number of aromatic carboxylic acids is 1. The number of aromatic nitrogens is 2. The Labute approximate surface area is 139 Å². The largest absolute Gasteiger partial charge is 0.476 e. The molecule has 0 radical (unpaired) electrons. The summed E-state index contributed by atoms with van der Waals surface area (Å²) in [7, 11) is 0. The van der Waals surface area contributed by atoms with Crippen molar-refractivity contribution in [3.63, 3.8) is 0 Å². The number of nitrogens with zero attached hydrogens (tertiary/aromatic N) is 2. The van der Waals surface area contributed by atoms with E-state index in [-0.39, 0.29) is 5.69 Å². The van der Waals surface area contributed by atoms with E-state index in [1.54, 1.807) is 4.57 Å². The van der Waals surface area contributed by atoms with Gasteiger partial charge in [0.25, 0.3) is 0 Å². The van der Waals surface area contributed by atoms with Gasteiger partial charge >= 0.3 is 5.97 Å². The zero-order chi connectivity index (χ0) is 16.6. The third-order valence-electron chi connectivity index (χ3n) is 3.70. The highest BCUT2D eigenvalue weighted by Crippen LogP contribution is 2.28. The van der Waals surface area contributed by atoms with Crippen LogP contribution in [0.5, 0.6) is 0 Å². The second-order valence-electron chi connectivity index (χ2n) is 5.38. The molecule has 0 spiro atoms. The predicted molar refractivity (Wildman–Crippen MR) is 90.4 cm³/mol. The summed E-state index contributed by atoms with van der Waals surface area (Å²) in [5.74, 6) is -0.478. The normalized spacial score (nSPS) is 10.7. The molecule has 116 valence electrons. The van der Waals surface area contributed by atoms with Crippen molar-refractivity contribution >= 4 is 17.6 Å². The molecule has 0 unspecified atom stereocenters. The molecule has 3 rings (SSSR count). The van der Waals surface area contributed by atoms with Crippen LogP contribution in [0.2, 0.25) is 5.02 Å². The van der Waals surface area contributed by atoms with E-state index in [0.29, 0.717) is 10.8 Å². The van der Waals surface area contributed by atoms with Crippen LogP contribution in [0.15, 0.2) is 48.7 Å².